The van der Waals surface area contributed by atoms with E-state index in [1.54, 1.807) is 35.2 Å². The molecule has 1 aromatic heterocycles. The van der Waals surface area contributed by atoms with Gasteiger partial charge in [-0.25, -0.2) is 18.5 Å². The summed E-state index contributed by atoms with van der Waals surface area (Å²) in [6.45, 7) is 0.509. The standard InChI is InChI=1S/C15H14N2O3S3/c16-23(18,19)12-7-5-11(6-8-12)20-9-10-21-15-17-13-3-1-2-4-14(13)22-15/h1-8H,9-10H2,(H2,16,18,19). The van der Waals surface area contributed by atoms with Gasteiger partial charge in [-0.3, -0.25) is 0 Å². The van der Waals surface area contributed by atoms with E-state index < -0.39 is 10.0 Å². The van der Waals surface area contributed by atoms with Crippen LogP contribution in [0.15, 0.2) is 57.8 Å². The van der Waals surface area contributed by atoms with Crippen molar-refractivity contribution in [3.63, 3.8) is 0 Å². The van der Waals surface area contributed by atoms with Crippen LogP contribution in [0.25, 0.3) is 10.2 Å². The number of aromatic nitrogens is 1. The zero-order chi connectivity index (χ0) is 16.3. The second-order valence-electron chi connectivity index (χ2n) is 4.66. The molecule has 1 heterocycles. The minimum absolute atomic E-state index is 0.0775. The van der Waals surface area contributed by atoms with Crippen LogP contribution >= 0.6 is 23.1 Å². The van der Waals surface area contributed by atoms with Crippen molar-refractivity contribution in [1.29, 1.82) is 0 Å². The second-order valence-corrected chi connectivity index (χ2v) is 8.59. The van der Waals surface area contributed by atoms with Crippen LogP contribution in [-0.4, -0.2) is 25.8 Å². The Morgan fingerprint density at radius 2 is 1.87 bits per heavy atom. The first-order valence-corrected chi connectivity index (χ1v) is 10.1. The van der Waals surface area contributed by atoms with Gasteiger partial charge in [-0.2, -0.15) is 0 Å². The highest BCUT2D eigenvalue weighted by Gasteiger charge is 2.07. The van der Waals surface area contributed by atoms with E-state index in [2.05, 4.69) is 11.1 Å². The minimum Gasteiger partial charge on any atom is -0.493 e. The van der Waals surface area contributed by atoms with E-state index in [1.165, 1.54) is 16.8 Å². The molecule has 0 atom stereocenters. The summed E-state index contributed by atoms with van der Waals surface area (Å²) in [5, 5.41) is 5.05. The molecule has 23 heavy (non-hydrogen) atoms. The van der Waals surface area contributed by atoms with Crippen LogP contribution in [0.2, 0.25) is 0 Å². The summed E-state index contributed by atoms with van der Waals surface area (Å²) in [4.78, 5) is 4.62. The van der Waals surface area contributed by atoms with Crippen molar-refractivity contribution >= 4 is 43.3 Å². The molecule has 3 rings (SSSR count). The topological polar surface area (TPSA) is 82.3 Å². The first-order chi connectivity index (χ1) is 11.0. The summed E-state index contributed by atoms with van der Waals surface area (Å²) in [5.41, 5.74) is 1.01. The number of benzene rings is 2. The summed E-state index contributed by atoms with van der Waals surface area (Å²) in [6.07, 6.45) is 0. The minimum atomic E-state index is -3.66. The van der Waals surface area contributed by atoms with Gasteiger partial charge in [-0.1, -0.05) is 23.9 Å². The molecule has 5 nitrogen and oxygen atoms in total. The predicted octanol–water partition coefficient (Wildman–Crippen LogP) is 3.11. The molecular weight excluding hydrogens is 352 g/mol. The molecule has 2 N–H and O–H groups in total. The Balaban J connectivity index is 1.51. The number of ether oxygens (including phenoxy) is 1. The average Bonchev–Trinajstić information content (AvgIpc) is 2.94. The number of nitrogens with two attached hydrogens (primary N) is 1. The molecule has 0 radical (unpaired) electrons. The number of thioether (sulfide) groups is 1. The third kappa shape index (κ3) is 4.23. The molecule has 0 aliphatic rings. The number of thiazole rings is 1. The van der Waals surface area contributed by atoms with E-state index in [1.807, 2.05) is 18.2 Å². The van der Waals surface area contributed by atoms with Crippen molar-refractivity contribution in [2.24, 2.45) is 5.14 Å². The van der Waals surface area contributed by atoms with Crippen LogP contribution < -0.4 is 9.88 Å². The highest BCUT2D eigenvalue weighted by Crippen LogP contribution is 2.29. The monoisotopic (exact) mass is 366 g/mol. The number of nitrogens with zero attached hydrogens (tertiary/aromatic N) is 1. The van der Waals surface area contributed by atoms with Gasteiger partial charge in [0.05, 0.1) is 21.7 Å². The highest BCUT2D eigenvalue weighted by molar-refractivity contribution is 8.01. The molecule has 0 aliphatic carbocycles. The Labute approximate surface area is 142 Å². The van der Waals surface area contributed by atoms with E-state index in [0.717, 1.165) is 15.6 Å². The van der Waals surface area contributed by atoms with Crippen molar-refractivity contribution < 1.29 is 13.2 Å². The Morgan fingerprint density at radius 3 is 2.57 bits per heavy atom. The lowest BCUT2D eigenvalue weighted by atomic mass is 10.3. The average molecular weight is 366 g/mol. The van der Waals surface area contributed by atoms with Gasteiger partial charge in [0.25, 0.3) is 0 Å². The lowest BCUT2D eigenvalue weighted by Gasteiger charge is -2.05. The van der Waals surface area contributed by atoms with Gasteiger partial charge in [0, 0.05) is 5.75 Å². The van der Waals surface area contributed by atoms with Gasteiger partial charge in [0.2, 0.25) is 10.0 Å². The smallest absolute Gasteiger partial charge is 0.238 e. The molecule has 0 saturated heterocycles. The van der Waals surface area contributed by atoms with Crippen LogP contribution in [0.1, 0.15) is 0 Å². The number of primary sulfonamides is 1. The largest absolute Gasteiger partial charge is 0.493 e. The third-order valence-electron chi connectivity index (χ3n) is 3.00. The van der Waals surface area contributed by atoms with Gasteiger partial charge in [0.1, 0.15) is 5.75 Å². The van der Waals surface area contributed by atoms with E-state index >= 15 is 0 Å². The number of rotatable bonds is 6. The van der Waals surface area contributed by atoms with Crippen molar-refractivity contribution in [2.45, 2.75) is 9.24 Å². The maximum absolute atomic E-state index is 11.2. The van der Waals surface area contributed by atoms with Gasteiger partial charge < -0.3 is 4.74 Å². The van der Waals surface area contributed by atoms with Crippen LogP contribution in [0, 0.1) is 0 Å². The Morgan fingerprint density at radius 1 is 1.13 bits per heavy atom. The molecule has 0 saturated carbocycles. The van der Waals surface area contributed by atoms with Gasteiger partial charge in [-0.15, -0.1) is 11.3 Å². The van der Waals surface area contributed by atoms with Crippen molar-refractivity contribution in [3.05, 3.63) is 48.5 Å². The molecule has 120 valence electrons. The Kier molecular flexibility index (Phi) is 4.86. The van der Waals surface area contributed by atoms with E-state index in [-0.39, 0.29) is 4.90 Å². The first kappa shape index (κ1) is 16.3. The highest BCUT2D eigenvalue weighted by atomic mass is 32.2. The maximum Gasteiger partial charge on any atom is 0.238 e. The molecule has 2 aromatic carbocycles. The van der Waals surface area contributed by atoms with Crippen molar-refractivity contribution in [3.8, 4) is 5.75 Å². The van der Waals surface area contributed by atoms with Gasteiger partial charge in [0.15, 0.2) is 4.34 Å². The molecule has 0 amide bonds. The summed E-state index contributed by atoms with van der Waals surface area (Å²) >= 11 is 3.30. The lowest BCUT2D eigenvalue weighted by Crippen LogP contribution is -2.11. The van der Waals surface area contributed by atoms with E-state index in [4.69, 9.17) is 9.88 Å². The molecule has 0 aliphatic heterocycles. The lowest BCUT2D eigenvalue weighted by molar-refractivity contribution is 0.343. The number of sulfonamides is 1. The van der Waals surface area contributed by atoms with Crippen LogP contribution in [0.5, 0.6) is 5.75 Å². The number of fused-ring (bicyclic) bond motifs is 1. The SMILES string of the molecule is NS(=O)(=O)c1ccc(OCCSc2nc3ccccc3s2)cc1. The van der Waals surface area contributed by atoms with Gasteiger partial charge >= 0.3 is 0 Å². The predicted molar refractivity (Wildman–Crippen MR) is 93.7 cm³/mol. The quantitative estimate of drug-likeness (QED) is 0.535. The fourth-order valence-corrected chi connectivity index (χ4v) is 4.40. The normalized spacial score (nSPS) is 11.7. The van der Waals surface area contributed by atoms with Crippen molar-refractivity contribution in [2.75, 3.05) is 12.4 Å². The zero-order valence-corrected chi connectivity index (χ0v) is 14.5. The number of hydrogen-bond acceptors (Lipinski definition) is 6. The molecule has 8 heteroatoms. The third-order valence-corrected chi connectivity index (χ3v) is 6.08. The van der Waals surface area contributed by atoms with E-state index in [0.29, 0.717) is 12.4 Å². The number of para-hydroxylation sites is 1. The molecular formula is C15H14N2O3S3. The summed E-state index contributed by atoms with van der Waals surface area (Å²) < 4.78 is 30.1. The molecule has 0 spiro atoms. The van der Waals surface area contributed by atoms with Crippen LogP contribution in [0.4, 0.5) is 0 Å². The molecule has 0 unspecified atom stereocenters. The maximum atomic E-state index is 11.2. The Bertz CT molecular complexity index is 872. The summed E-state index contributed by atoms with van der Waals surface area (Å²) in [7, 11) is -3.66. The zero-order valence-electron chi connectivity index (χ0n) is 12.0. The van der Waals surface area contributed by atoms with Crippen molar-refractivity contribution in [1.82, 2.24) is 4.98 Å². The number of hydrogen-bond donors (Lipinski definition) is 1. The first-order valence-electron chi connectivity index (χ1n) is 6.76. The summed E-state index contributed by atoms with van der Waals surface area (Å²) in [5.74, 6) is 1.37. The van der Waals surface area contributed by atoms with Crippen LogP contribution in [0.3, 0.4) is 0 Å². The summed E-state index contributed by atoms with van der Waals surface area (Å²) in [6, 6.07) is 14.1. The molecule has 3 aromatic rings. The van der Waals surface area contributed by atoms with E-state index in [9.17, 15) is 8.42 Å². The fraction of sp³-hybridized carbons (Fsp3) is 0.133. The fourth-order valence-electron chi connectivity index (χ4n) is 1.93. The van der Waals surface area contributed by atoms with Crippen LogP contribution in [-0.2, 0) is 10.0 Å². The Hall–Kier alpha value is -1.61. The molecule has 0 bridgehead atoms. The second kappa shape index (κ2) is 6.88. The van der Waals surface area contributed by atoms with Gasteiger partial charge in [-0.05, 0) is 36.4 Å². The molecule has 0 fully saturated rings.